The lowest BCUT2D eigenvalue weighted by Gasteiger charge is -2.16. The number of ether oxygens (including phenoxy) is 1. The highest BCUT2D eigenvalue weighted by molar-refractivity contribution is 6.32. The minimum atomic E-state index is -0.833. The molecule has 1 atom stereocenters. The highest BCUT2D eigenvalue weighted by Crippen LogP contribution is 2.27. The molecule has 5 nitrogen and oxygen atoms in total. The maximum atomic E-state index is 9.00. The van der Waals surface area contributed by atoms with Crippen LogP contribution in [0.4, 0.5) is 0 Å². The van der Waals surface area contributed by atoms with Gasteiger partial charge < -0.3 is 15.6 Å². The Bertz CT molecular complexity index is 478. The average molecular weight is 329 g/mol. The van der Waals surface area contributed by atoms with E-state index in [0.29, 0.717) is 17.5 Å². The first-order valence-corrected chi connectivity index (χ1v) is 7.87. The normalized spacial score (nSPS) is 17.7. The molecule has 1 aliphatic rings. The number of carboxylic acids is 1. The van der Waals surface area contributed by atoms with Gasteiger partial charge in [-0.2, -0.15) is 0 Å². The predicted molar refractivity (Wildman–Crippen MR) is 88.4 cm³/mol. The van der Waals surface area contributed by atoms with E-state index in [-0.39, 0.29) is 0 Å². The summed E-state index contributed by atoms with van der Waals surface area (Å²) in [6.45, 7) is 7.65. The molecule has 1 unspecified atom stereocenters. The quantitative estimate of drug-likeness (QED) is 0.869. The molecule has 6 heteroatoms. The molecule has 1 saturated heterocycles. The lowest BCUT2D eigenvalue weighted by molar-refractivity contribution is -0.134. The largest absolute Gasteiger partial charge is 0.492 e. The fourth-order valence-electron chi connectivity index (χ4n) is 2.42. The molecule has 0 amide bonds. The SMILES string of the molecule is CC(=O)O.CCOc1ccc(CN2CCC(CN)C2)cc1Cl. The van der Waals surface area contributed by atoms with Gasteiger partial charge in [-0.15, -0.1) is 0 Å². The first kappa shape index (κ1) is 18.7. The van der Waals surface area contributed by atoms with E-state index in [4.69, 9.17) is 32.0 Å². The summed E-state index contributed by atoms with van der Waals surface area (Å²) in [5.74, 6) is 0.590. The Morgan fingerprint density at radius 3 is 2.73 bits per heavy atom. The van der Waals surface area contributed by atoms with Crippen LogP contribution in [0.15, 0.2) is 18.2 Å². The maximum Gasteiger partial charge on any atom is 0.300 e. The number of benzene rings is 1. The molecule has 0 aromatic heterocycles. The lowest BCUT2D eigenvalue weighted by atomic mass is 10.1. The van der Waals surface area contributed by atoms with Crippen molar-refractivity contribution in [3.63, 3.8) is 0 Å². The van der Waals surface area contributed by atoms with Crippen LogP contribution in [0.3, 0.4) is 0 Å². The molecule has 1 aliphatic heterocycles. The van der Waals surface area contributed by atoms with E-state index >= 15 is 0 Å². The van der Waals surface area contributed by atoms with Crippen molar-refractivity contribution in [2.45, 2.75) is 26.8 Å². The van der Waals surface area contributed by atoms with E-state index in [1.54, 1.807) is 0 Å². The Morgan fingerprint density at radius 2 is 2.23 bits per heavy atom. The third-order valence-corrected chi connectivity index (χ3v) is 3.70. The number of hydrogen-bond donors (Lipinski definition) is 2. The first-order chi connectivity index (χ1) is 10.5. The summed E-state index contributed by atoms with van der Waals surface area (Å²) in [7, 11) is 0. The molecule has 22 heavy (non-hydrogen) atoms. The number of nitrogens with two attached hydrogens (primary N) is 1. The maximum absolute atomic E-state index is 9.00. The fourth-order valence-corrected chi connectivity index (χ4v) is 2.68. The summed E-state index contributed by atoms with van der Waals surface area (Å²) in [6, 6.07) is 6.05. The molecular formula is C16H25ClN2O3. The Morgan fingerprint density at radius 1 is 1.55 bits per heavy atom. The van der Waals surface area contributed by atoms with Crippen molar-refractivity contribution < 1.29 is 14.6 Å². The second-order valence-electron chi connectivity index (χ2n) is 5.34. The zero-order valence-corrected chi connectivity index (χ0v) is 14.0. The number of carbonyl (C=O) groups is 1. The minimum absolute atomic E-state index is 0.642. The van der Waals surface area contributed by atoms with E-state index < -0.39 is 5.97 Å². The molecule has 0 saturated carbocycles. The van der Waals surface area contributed by atoms with E-state index in [1.165, 1.54) is 12.0 Å². The standard InChI is InChI=1S/C14H21ClN2O.C2H4O2/c1-2-18-14-4-3-11(7-13(14)15)9-17-6-5-12(8-16)10-17;1-2(3)4/h3-4,7,12H,2,5-6,8-10,16H2,1H3;1H3,(H,3,4). The number of rotatable bonds is 5. The molecule has 1 heterocycles. The fraction of sp³-hybridized carbons (Fsp3) is 0.562. The van der Waals surface area contributed by atoms with Gasteiger partial charge in [0.2, 0.25) is 0 Å². The van der Waals surface area contributed by atoms with Crippen molar-refractivity contribution in [2.24, 2.45) is 11.7 Å². The van der Waals surface area contributed by atoms with E-state index in [0.717, 1.165) is 38.9 Å². The first-order valence-electron chi connectivity index (χ1n) is 7.49. The van der Waals surface area contributed by atoms with Crippen LogP contribution >= 0.6 is 11.6 Å². The van der Waals surface area contributed by atoms with Crippen LogP contribution in [0.5, 0.6) is 5.75 Å². The molecule has 2 rings (SSSR count). The van der Waals surface area contributed by atoms with Gasteiger partial charge in [0.25, 0.3) is 5.97 Å². The highest BCUT2D eigenvalue weighted by atomic mass is 35.5. The van der Waals surface area contributed by atoms with Gasteiger partial charge in [0.1, 0.15) is 5.75 Å². The number of aliphatic carboxylic acids is 1. The number of likely N-dealkylation sites (tertiary alicyclic amines) is 1. The Hall–Kier alpha value is -1.30. The summed E-state index contributed by atoms with van der Waals surface area (Å²) in [6.07, 6.45) is 1.21. The molecular weight excluding hydrogens is 304 g/mol. The van der Waals surface area contributed by atoms with Gasteiger partial charge in [-0.25, -0.2) is 0 Å². The molecule has 0 spiro atoms. The van der Waals surface area contributed by atoms with Gasteiger partial charge in [-0.3, -0.25) is 9.69 Å². The number of hydrogen-bond acceptors (Lipinski definition) is 4. The van der Waals surface area contributed by atoms with Gasteiger partial charge >= 0.3 is 0 Å². The van der Waals surface area contributed by atoms with Crippen molar-refractivity contribution in [3.8, 4) is 5.75 Å². The van der Waals surface area contributed by atoms with Gasteiger partial charge in [0.15, 0.2) is 0 Å². The van der Waals surface area contributed by atoms with Crippen LogP contribution in [0.25, 0.3) is 0 Å². The smallest absolute Gasteiger partial charge is 0.300 e. The molecule has 1 fully saturated rings. The van der Waals surface area contributed by atoms with E-state index in [2.05, 4.69) is 11.0 Å². The van der Waals surface area contributed by atoms with Gasteiger partial charge in [-0.1, -0.05) is 17.7 Å². The Kier molecular flexibility index (Phi) is 8.24. The second kappa shape index (κ2) is 9.66. The summed E-state index contributed by atoms with van der Waals surface area (Å²) in [5.41, 5.74) is 6.94. The Balaban J connectivity index is 0.000000541. The predicted octanol–water partition coefficient (Wildman–Crippen LogP) is 2.61. The summed E-state index contributed by atoms with van der Waals surface area (Å²) in [4.78, 5) is 11.4. The third-order valence-electron chi connectivity index (χ3n) is 3.41. The number of carboxylic acid groups (broad SMARTS) is 1. The van der Waals surface area contributed by atoms with Crippen LogP contribution in [0.2, 0.25) is 5.02 Å². The van der Waals surface area contributed by atoms with Gasteiger partial charge in [-0.05, 0) is 50.0 Å². The van der Waals surface area contributed by atoms with E-state index in [9.17, 15) is 0 Å². The van der Waals surface area contributed by atoms with E-state index in [1.807, 2.05) is 19.1 Å². The number of nitrogens with zero attached hydrogens (tertiary/aromatic N) is 1. The topological polar surface area (TPSA) is 75.8 Å². The van der Waals surface area contributed by atoms with Crippen molar-refractivity contribution >= 4 is 17.6 Å². The molecule has 124 valence electrons. The van der Waals surface area contributed by atoms with Crippen molar-refractivity contribution in [3.05, 3.63) is 28.8 Å². The summed E-state index contributed by atoms with van der Waals surface area (Å²) >= 11 is 6.19. The lowest BCUT2D eigenvalue weighted by Crippen LogP contribution is -2.22. The molecule has 0 aliphatic carbocycles. The monoisotopic (exact) mass is 328 g/mol. The van der Waals surface area contributed by atoms with Crippen LogP contribution in [0.1, 0.15) is 25.8 Å². The third kappa shape index (κ3) is 6.64. The zero-order valence-electron chi connectivity index (χ0n) is 13.2. The van der Waals surface area contributed by atoms with Gasteiger partial charge in [0.05, 0.1) is 11.6 Å². The van der Waals surface area contributed by atoms with Crippen LogP contribution < -0.4 is 10.5 Å². The highest BCUT2D eigenvalue weighted by Gasteiger charge is 2.21. The second-order valence-corrected chi connectivity index (χ2v) is 5.75. The Labute approximate surface area is 137 Å². The van der Waals surface area contributed by atoms with Crippen LogP contribution in [0, 0.1) is 5.92 Å². The molecule has 3 N–H and O–H groups in total. The van der Waals surface area contributed by atoms with Crippen molar-refractivity contribution in [1.29, 1.82) is 0 Å². The summed E-state index contributed by atoms with van der Waals surface area (Å²) < 4.78 is 5.43. The van der Waals surface area contributed by atoms with Crippen LogP contribution in [-0.2, 0) is 11.3 Å². The van der Waals surface area contributed by atoms with Crippen molar-refractivity contribution in [2.75, 3.05) is 26.2 Å². The summed E-state index contributed by atoms with van der Waals surface area (Å²) in [5, 5.41) is 8.11. The van der Waals surface area contributed by atoms with Gasteiger partial charge in [0, 0.05) is 20.0 Å². The molecule has 0 bridgehead atoms. The van der Waals surface area contributed by atoms with Crippen LogP contribution in [-0.4, -0.2) is 42.2 Å². The molecule has 1 aromatic rings. The minimum Gasteiger partial charge on any atom is -0.492 e. The van der Waals surface area contributed by atoms with Crippen molar-refractivity contribution in [1.82, 2.24) is 4.90 Å². The average Bonchev–Trinajstić information content (AvgIpc) is 2.89. The number of halogens is 1. The zero-order chi connectivity index (χ0) is 16.5. The molecule has 0 radical (unpaired) electrons. The molecule has 1 aromatic carbocycles.